The van der Waals surface area contributed by atoms with Gasteiger partial charge in [0, 0.05) is 17.1 Å². The minimum Gasteiger partial charge on any atom is -0.452 e. The summed E-state index contributed by atoms with van der Waals surface area (Å²) in [5.74, 6) is -1.69. The number of nitrogens with zero attached hydrogens (tertiary/aromatic N) is 1. The van der Waals surface area contributed by atoms with Gasteiger partial charge in [-0.1, -0.05) is 18.2 Å². The van der Waals surface area contributed by atoms with E-state index in [4.69, 9.17) is 4.74 Å². The van der Waals surface area contributed by atoms with E-state index < -0.39 is 34.5 Å². The van der Waals surface area contributed by atoms with Gasteiger partial charge in [0.05, 0.1) is 16.1 Å². The highest BCUT2D eigenvalue weighted by Gasteiger charge is 2.21. The molecule has 0 radical (unpaired) electrons. The van der Waals surface area contributed by atoms with Gasteiger partial charge in [0.2, 0.25) is 10.0 Å². The number of hydrogen-bond donors (Lipinski definition) is 2. The fourth-order valence-electron chi connectivity index (χ4n) is 2.85. The average molecular weight is 455 g/mol. The van der Waals surface area contributed by atoms with E-state index in [2.05, 4.69) is 15.0 Å². The Morgan fingerprint density at radius 3 is 2.44 bits per heavy atom. The Balaban J connectivity index is 1.57. The minimum absolute atomic E-state index is 0.106. The van der Waals surface area contributed by atoms with Gasteiger partial charge in [-0.3, -0.25) is 19.4 Å². The van der Waals surface area contributed by atoms with Crippen molar-refractivity contribution in [3.05, 3.63) is 66.4 Å². The zero-order valence-corrected chi connectivity index (χ0v) is 18.2. The molecule has 0 saturated carbocycles. The number of carbonyl (C=O) groups is 3. The van der Waals surface area contributed by atoms with E-state index in [1.165, 1.54) is 38.1 Å². The molecule has 0 saturated heterocycles. The molecule has 0 aliphatic carbocycles. The van der Waals surface area contributed by atoms with Crippen molar-refractivity contribution in [2.24, 2.45) is 0 Å². The summed E-state index contributed by atoms with van der Waals surface area (Å²) in [4.78, 5) is 39.9. The minimum atomic E-state index is -4.00. The summed E-state index contributed by atoms with van der Waals surface area (Å²) >= 11 is 0. The van der Waals surface area contributed by atoms with Crippen molar-refractivity contribution < 1.29 is 27.5 Å². The van der Waals surface area contributed by atoms with E-state index in [1.807, 2.05) is 0 Å². The van der Waals surface area contributed by atoms with Gasteiger partial charge in [0.25, 0.3) is 5.91 Å². The molecular weight excluding hydrogens is 434 g/mol. The topological polar surface area (TPSA) is 132 Å². The van der Waals surface area contributed by atoms with Crippen LogP contribution in [0.5, 0.6) is 0 Å². The van der Waals surface area contributed by atoms with Crippen LogP contribution in [0.2, 0.25) is 0 Å². The molecule has 9 nitrogen and oxygen atoms in total. The van der Waals surface area contributed by atoms with Crippen molar-refractivity contribution >= 4 is 44.3 Å². The smallest absolute Gasteiger partial charge is 0.321 e. The normalized spacial score (nSPS) is 12.2. The van der Waals surface area contributed by atoms with Crippen molar-refractivity contribution in [1.29, 1.82) is 0 Å². The number of ketones is 1. The van der Waals surface area contributed by atoms with Gasteiger partial charge in [0.15, 0.2) is 11.9 Å². The van der Waals surface area contributed by atoms with Crippen LogP contribution >= 0.6 is 0 Å². The average Bonchev–Trinajstić information content (AvgIpc) is 2.78. The number of ether oxygens (including phenoxy) is 1. The Morgan fingerprint density at radius 2 is 1.75 bits per heavy atom. The van der Waals surface area contributed by atoms with Crippen LogP contribution < -0.4 is 10.0 Å². The first kappa shape index (κ1) is 23.0. The summed E-state index contributed by atoms with van der Waals surface area (Å²) in [7, 11) is -4.00. The molecule has 10 heteroatoms. The van der Waals surface area contributed by atoms with Gasteiger partial charge in [0.1, 0.15) is 6.54 Å². The maximum absolute atomic E-state index is 12.4. The quantitative estimate of drug-likeness (QED) is 0.393. The summed E-state index contributed by atoms with van der Waals surface area (Å²) in [6.45, 7) is 2.09. The van der Waals surface area contributed by atoms with E-state index in [9.17, 15) is 22.8 Å². The Bertz CT molecular complexity index is 1270. The zero-order chi connectivity index (χ0) is 23.3. The van der Waals surface area contributed by atoms with Crippen molar-refractivity contribution in [3.8, 4) is 0 Å². The van der Waals surface area contributed by atoms with E-state index in [1.54, 1.807) is 36.5 Å². The second kappa shape index (κ2) is 9.67. The summed E-state index contributed by atoms with van der Waals surface area (Å²) in [6.07, 6.45) is 0.477. The summed E-state index contributed by atoms with van der Waals surface area (Å²) in [6, 6.07) is 14.1. The van der Waals surface area contributed by atoms with E-state index >= 15 is 0 Å². The lowest BCUT2D eigenvalue weighted by atomic mass is 10.2. The predicted octanol–water partition coefficient (Wildman–Crippen LogP) is 2.29. The molecule has 2 aromatic carbocycles. The standard InChI is InChI=1S/C22H21N3O6S/c1-14(26)16-8-10-17(11-9-16)32(29,30)24-13-21(27)31-15(2)22(28)25-20-7-3-6-19-18(20)5-4-12-23-19/h3-12,15,24H,13H2,1-2H3,(H,25,28). The van der Waals surface area contributed by atoms with Gasteiger partial charge in [-0.2, -0.15) is 4.72 Å². The third kappa shape index (κ3) is 5.54. The molecule has 1 aromatic heterocycles. The van der Waals surface area contributed by atoms with Crippen LogP contribution in [0, 0.1) is 0 Å². The number of sulfonamides is 1. The van der Waals surface area contributed by atoms with Crippen LogP contribution in [-0.2, 0) is 24.3 Å². The van der Waals surface area contributed by atoms with Crippen molar-refractivity contribution in [1.82, 2.24) is 9.71 Å². The van der Waals surface area contributed by atoms with Gasteiger partial charge in [-0.25, -0.2) is 8.42 Å². The van der Waals surface area contributed by atoms with Crippen LogP contribution in [0.1, 0.15) is 24.2 Å². The number of Topliss-reactive ketones (excluding diaryl/α,β-unsaturated/α-hetero) is 1. The molecule has 1 heterocycles. The Kier molecular flexibility index (Phi) is 6.96. The van der Waals surface area contributed by atoms with E-state index in [0.717, 1.165) is 5.39 Å². The largest absolute Gasteiger partial charge is 0.452 e. The molecular formula is C22H21N3O6S. The van der Waals surface area contributed by atoms with Crippen LogP contribution in [0.4, 0.5) is 5.69 Å². The number of hydrogen-bond acceptors (Lipinski definition) is 7. The molecule has 1 unspecified atom stereocenters. The lowest BCUT2D eigenvalue weighted by Gasteiger charge is -2.15. The molecule has 0 aliphatic rings. The van der Waals surface area contributed by atoms with Gasteiger partial charge in [-0.15, -0.1) is 0 Å². The molecule has 0 fully saturated rings. The van der Waals surface area contributed by atoms with Crippen LogP contribution in [0.3, 0.4) is 0 Å². The zero-order valence-electron chi connectivity index (χ0n) is 17.4. The first-order valence-electron chi connectivity index (χ1n) is 9.62. The van der Waals surface area contributed by atoms with E-state index in [-0.39, 0.29) is 10.7 Å². The molecule has 0 spiro atoms. The lowest BCUT2D eigenvalue weighted by molar-refractivity contribution is -0.151. The molecule has 166 valence electrons. The second-order valence-corrected chi connectivity index (χ2v) is 8.67. The number of amides is 1. The predicted molar refractivity (Wildman–Crippen MR) is 118 cm³/mol. The highest BCUT2D eigenvalue weighted by molar-refractivity contribution is 7.89. The van der Waals surface area contributed by atoms with Gasteiger partial charge < -0.3 is 10.1 Å². The fourth-order valence-corrected chi connectivity index (χ4v) is 3.81. The first-order chi connectivity index (χ1) is 15.2. The molecule has 32 heavy (non-hydrogen) atoms. The van der Waals surface area contributed by atoms with Gasteiger partial charge >= 0.3 is 5.97 Å². The number of pyridine rings is 1. The molecule has 2 N–H and O–H groups in total. The lowest BCUT2D eigenvalue weighted by Crippen LogP contribution is -2.35. The monoisotopic (exact) mass is 455 g/mol. The molecule has 3 rings (SSSR count). The first-order valence-corrected chi connectivity index (χ1v) is 11.1. The van der Waals surface area contributed by atoms with Crippen molar-refractivity contribution in [2.75, 3.05) is 11.9 Å². The van der Waals surface area contributed by atoms with E-state index in [0.29, 0.717) is 16.8 Å². The Morgan fingerprint density at radius 1 is 1.03 bits per heavy atom. The SMILES string of the molecule is CC(=O)c1ccc(S(=O)(=O)NCC(=O)OC(C)C(=O)Nc2cccc3ncccc23)cc1. The maximum Gasteiger partial charge on any atom is 0.321 e. The molecule has 0 bridgehead atoms. The third-order valence-corrected chi connectivity index (χ3v) is 5.98. The number of benzene rings is 2. The Hall–Kier alpha value is -3.63. The molecule has 0 aliphatic heterocycles. The van der Waals surface area contributed by atoms with Crippen LogP contribution in [0.15, 0.2) is 65.7 Å². The number of nitrogens with one attached hydrogen (secondary N) is 2. The number of anilines is 1. The number of carbonyl (C=O) groups excluding carboxylic acids is 3. The fraction of sp³-hybridized carbons (Fsp3) is 0.182. The van der Waals surface area contributed by atoms with Crippen molar-refractivity contribution in [3.63, 3.8) is 0 Å². The highest BCUT2D eigenvalue weighted by atomic mass is 32.2. The molecule has 1 atom stereocenters. The number of rotatable bonds is 8. The highest BCUT2D eigenvalue weighted by Crippen LogP contribution is 2.21. The van der Waals surface area contributed by atoms with Crippen LogP contribution in [0.25, 0.3) is 10.9 Å². The number of fused-ring (bicyclic) bond motifs is 1. The third-order valence-electron chi connectivity index (χ3n) is 4.56. The summed E-state index contributed by atoms with van der Waals surface area (Å²) in [5.41, 5.74) is 1.57. The number of aromatic nitrogens is 1. The summed E-state index contributed by atoms with van der Waals surface area (Å²) < 4.78 is 31.8. The maximum atomic E-state index is 12.4. The molecule has 3 aromatic rings. The Labute approximate surface area is 184 Å². The number of esters is 1. The summed E-state index contributed by atoms with van der Waals surface area (Å²) in [5, 5.41) is 3.41. The van der Waals surface area contributed by atoms with Gasteiger partial charge in [-0.05, 0) is 50.2 Å². The molecule has 1 amide bonds. The second-order valence-electron chi connectivity index (χ2n) is 6.90. The van der Waals surface area contributed by atoms with Crippen molar-refractivity contribution in [2.45, 2.75) is 24.8 Å². The van der Waals surface area contributed by atoms with Crippen LogP contribution in [-0.4, -0.2) is 43.7 Å².